The van der Waals surface area contributed by atoms with Crippen molar-refractivity contribution >= 4 is 29.9 Å². The van der Waals surface area contributed by atoms with Gasteiger partial charge in [-0.2, -0.15) is 0 Å². The molecule has 0 radical (unpaired) electrons. The number of hydrogen-bond acceptors (Lipinski definition) is 5. The number of benzene rings is 2. The number of aliphatic hydroxyl groups is 1. The van der Waals surface area contributed by atoms with Crippen LogP contribution in [0.2, 0.25) is 0 Å². The molecule has 3 rings (SSSR count). The van der Waals surface area contributed by atoms with E-state index >= 15 is 0 Å². The largest absolute Gasteiger partial charge is 0.497 e. The first kappa shape index (κ1) is 27.4. The van der Waals surface area contributed by atoms with Gasteiger partial charge in [0.25, 0.3) is 0 Å². The van der Waals surface area contributed by atoms with Crippen LogP contribution in [0.5, 0.6) is 5.75 Å². The van der Waals surface area contributed by atoms with E-state index in [4.69, 9.17) is 14.5 Å². The van der Waals surface area contributed by atoms with Crippen molar-refractivity contribution in [2.45, 2.75) is 26.0 Å². The third-order valence-electron chi connectivity index (χ3n) is 5.68. The highest BCUT2D eigenvalue weighted by Crippen LogP contribution is 2.24. The van der Waals surface area contributed by atoms with Crippen molar-refractivity contribution in [2.24, 2.45) is 4.99 Å². The number of hydrogen-bond donors (Lipinski definition) is 3. The normalized spacial score (nSPS) is 16.4. The highest BCUT2D eigenvalue weighted by molar-refractivity contribution is 14.0. The van der Waals surface area contributed by atoms with Crippen LogP contribution in [-0.4, -0.2) is 69.0 Å². The second-order valence-corrected chi connectivity index (χ2v) is 7.96. The van der Waals surface area contributed by atoms with Gasteiger partial charge < -0.3 is 25.2 Å². The molecule has 2 aromatic rings. The number of ether oxygens (including phenoxy) is 2. The molecule has 0 amide bonds. The topological polar surface area (TPSA) is 78.4 Å². The summed E-state index contributed by atoms with van der Waals surface area (Å²) in [4.78, 5) is 7.27. The number of methoxy groups -OCH3 is 1. The number of rotatable bonds is 9. The molecule has 0 aromatic heterocycles. The summed E-state index contributed by atoms with van der Waals surface area (Å²) in [5, 5.41) is 17.1. The molecule has 7 nitrogen and oxygen atoms in total. The Morgan fingerprint density at radius 2 is 1.70 bits per heavy atom. The molecule has 2 unspecified atom stereocenters. The van der Waals surface area contributed by atoms with E-state index in [-0.39, 0.29) is 30.0 Å². The van der Waals surface area contributed by atoms with Crippen LogP contribution in [-0.2, 0) is 4.74 Å². The second kappa shape index (κ2) is 14.4. The average molecular weight is 569 g/mol. The Kier molecular flexibility index (Phi) is 11.9. The fourth-order valence-corrected chi connectivity index (χ4v) is 3.77. The molecule has 2 atom stereocenters. The zero-order valence-corrected chi connectivity index (χ0v) is 22.1. The van der Waals surface area contributed by atoms with Crippen molar-refractivity contribution < 1.29 is 14.6 Å². The van der Waals surface area contributed by atoms with Crippen molar-refractivity contribution in [2.75, 3.05) is 53.0 Å². The van der Waals surface area contributed by atoms with Gasteiger partial charge in [-0.15, -0.1) is 24.0 Å². The molecule has 3 N–H and O–H groups in total. The molecule has 8 heteroatoms. The van der Waals surface area contributed by atoms with Crippen LogP contribution in [0.1, 0.15) is 35.8 Å². The fourth-order valence-electron chi connectivity index (χ4n) is 3.77. The minimum Gasteiger partial charge on any atom is -0.497 e. The molecule has 0 spiro atoms. The first-order valence-corrected chi connectivity index (χ1v) is 11.3. The van der Waals surface area contributed by atoms with E-state index in [0.29, 0.717) is 19.0 Å². The maximum Gasteiger partial charge on any atom is 0.191 e. The summed E-state index contributed by atoms with van der Waals surface area (Å²) in [6, 6.07) is 16.3. The van der Waals surface area contributed by atoms with Crippen LogP contribution < -0.4 is 15.4 Å². The van der Waals surface area contributed by atoms with Crippen molar-refractivity contribution in [1.82, 2.24) is 15.5 Å². The van der Waals surface area contributed by atoms with Gasteiger partial charge in [0.1, 0.15) is 5.75 Å². The molecule has 1 aliphatic heterocycles. The number of halogens is 1. The maximum absolute atomic E-state index is 10.6. The minimum absolute atomic E-state index is 0. The zero-order valence-electron chi connectivity index (χ0n) is 19.8. The number of aliphatic imine (C=N–C) groups is 1. The summed E-state index contributed by atoms with van der Waals surface area (Å²) in [5.74, 6) is 1.54. The molecular formula is C25H37IN4O3. The smallest absolute Gasteiger partial charge is 0.191 e. The summed E-state index contributed by atoms with van der Waals surface area (Å²) in [6.45, 7) is 9.03. The van der Waals surface area contributed by atoms with E-state index in [0.717, 1.165) is 44.2 Å². The lowest BCUT2D eigenvalue weighted by molar-refractivity contribution is 0.0179. The minimum atomic E-state index is -0.601. The molecule has 0 bridgehead atoms. The molecule has 0 saturated carbocycles. The van der Waals surface area contributed by atoms with Gasteiger partial charge in [0.2, 0.25) is 0 Å². The Bertz CT molecular complexity index is 840. The van der Waals surface area contributed by atoms with Crippen LogP contribution in [0, 0.1) is 6.92 Å². The number of morpholine rings is 1. The van der Waals surface area contributed by atoms with Gasteiger partial charge in [-0.25, -0.2) is 0 Å². The Morgan fingerprint density at radius 1 is 1.06 bits per heavy atom. The molecule has 1 aliphatic rings. The Morgan fingerprint density at radius 3 is 2.30 bits per heavy atom. The highest BCUT2D eigenvalue weighted by atomic mass is 127. The summed E-state index contributed by atoms with van der Waals surface area (Å²) in [5.41, 5.74) is 3.27. The predicted molar refractivity (Wildman–Crippen MR) is 144 cm³/mol. The lowest BCUT2D eigenvalue weighted by Gasteiger charge is -2.34. The van der Waals surface area contributed by atoms with Gasteiger partial charge in [0.15, 0.2) is 5.96 Å². The first-order valence-electron chi connectivity index (χ1n) is 11.3. The van der Waals surface area contributed by atoms with Gasteiger partial charge in [-0.3, -0.25) is 9.89 Å². The van der Waals surface area contributed by atoms with Crippen molar-refractivity contribution in [3.63, 3.8) is 0 Å². The number of nitrogens with one attached hydrogen (secondary N) is 2. The molecule has 1 fully saturated rings. The van der Waals surface area contributed by atoms with E-state index < -0.39 is 6.10 Å². The predicted octanol–water partition coefficient (Wildman–Crippen LogP) is 3.28. The van der Waals surface area contributed by atoms with Gasteiger partial charge in [-0.1, -0.05) is 42.0 Å². The van der Waals surface area contributed by atoms with Crippen LogP contribution in [0.4, 0.5) is 0 Å². The Hall–Kier alpha value is -1.88. The quantitative estimate of drug-likeness (QED) is 0.245. The number of guanidine groups is 1. The SMILES string of the molecule is CCNC(=NCC(c1ccc(OC)cc1)N1CCOCC1)NCC(O)c1ccc(C)cc1.I. The standard InChI is InChI=1S/C25H36N4O3.HI/c1-4-26-25(28-18-24(30)21-7-5-19(2)6-8-21)27-17-23(29-13-15-32-16-14-29)20-9-11-22(31-3)12-10-20;/h5-12,23-24,30H,4,13-18H2,1-3H3,(H2,26,27,28);1H. The molecule has 2 aromatic carbocycles. The van der Waals surface area contributed by atoms with Crippen LogP contribution in [0.3, 0.4) is 0 Å². The van der Waals surface area contributed by atoms with Gasteiger partial charge in [0.05, 0.1) is 39.0 Å². The monoisotopic (exact) mass is 568 g/mol. The summed E-state index contributed by atoms with van der Waals surface area (Å²) in [6.07, 6.45) is -0.601. The number of aliphatic hydroxyl groups excluding tert-OH is 1. The summed E-state index contributed by atoms with van der Waals surface area (Å²) >= 11 is 0. The third-order valence-corrected chi connectivity index (χ3v) is 5.68. The van der Waals surface area contributed by atoms with E-state index in [9.17, 15) is 5.11 Å². The molecule has 1 heterocycles. The van der Waals surface area contributed by atoms with Crippen LogP contribution in [0.25, 0.3) is 0 Å². The Labute approximate surface area is 214 Å². The molecule has 182 valence electrons. The summed E-state index contributed by atoms with van der Waals surface area (Å²) in [7, 11) is 1.68. The van der Waals surface area contributed by atoms with Gasteiger partial charge in [-0.05, 0) is 37.1 Å². The third kappa shape index (κ3) is 8.44. The van der Waals surface area contributed by atoms with E-state index in [1.807, 2.05) is 50.2 Å². The molecule has 33 heavy (non-hydrogen) atoms. The van der Waals surface area contributed by atoms with Crippen molar-refractivity contribution in [3.05, 3.63) is 65.2 Å². The summed E-state index contributed by atoms with van der Waals surface area (Å²) < 4.78 is 10.9. The highest BCUT2D eigenvalue weighted by Gasteiger charge is 2.23. The lowest BCUT2D eigenvalue weighted by Crippen LogP contribution is -2.42. The molecule has 0 aliphatic carbocycles. The zero-order chi connectivity index (χ0) is 22.8. The number of nitrogens with zero attached hydrogens (tertiary/aromatic N) is 2. The number of aryl methyl sites for hydroxylation is 1. The van der Waals surface area contributed by atoms with Gasteiger partial charge >= 0.3 is 0 Å². The van der Waals surface area contributed by atoms with E-state index in [1.54, 1.807) is 7.11 Å². The fraction of sp³-hybridized carbons (Fsp3) is 0.480. The van der Waals surface area contributed by atoms with Crippen LogP contribution >= 0.6 is 24.0 Å². The molecule has 1 saturated heterocycles. The molecular weight excluding hydrogens is 531 g/mol. The first-order chi connectivity index (χ1) is 15.6. The average Bonchev–Trinajstić information content (AvgIpc) is 2.84. The van der Waals surface area contributed by atoms with Crippen LogP contribution in [0.15, 0.2) is 53.5 Å². The Balaban J connectivity index is 0.00000385. The van der Waals surface area contributed by atoms with Gasteiger partial charge in [0, 0.05) is 26.2 Å². The van der Waals surface area contributed by atoms with Crippen molar-refractivity contribution in [1.29, 1.82) is 0 Å². The second-order valence-electron chi connectivity index (χ2n) is 7.96. The van der Waals surface area contributed by atoms with E-state index in [1.165, 1.54) is 11.1 Å². The maximum atomic E-state index is 10.6. The lowest BCUT2D eigenvalue weighted by atomic mass is 10.0. The van der Waals surface area contributed by atoms with Crippen molar-refractivity contribution in [3.8, 4) is 5.75 Å². The van der Waals surface area contributed by atoms with E-state index in [2.05, 4.69) is 27.7 Å².